The maximum atomic E-state index is 12.7. The first-order chi connectivity index (χ1) is 10.1. The summed E-state index contributed by atoms with van der Waals surface area (Å²) in [5, 5.41) is 9.99. The summed E-state index contributed by atoms with van der Waals surface area (Å²) in [5.74, 6) is -1.93. The molecule has 0 aliphatic heterocycles. The Kier molecular flexibility index (Phi) is 2.90. The van der Waals surface area contributed by atoms with E-state index in [4.69, 9.17) is 0 Å². The van der Waals surface area contributed by atoms with Crippen molar-refractivity contribution in [1.29, 1.82) is 0 Å². The number of nitrogens with zero attached hydrogens (tertiary/aromatic N) is 2. The highest BCUT2D eigenvalue weighted by molar-refractivity contribution is 6.20. The second-order valence-electron chi connectivity index (χ2n) is 5.60. The number of alkyl halides is 3. The summed E-state index contributed by atoms with van der Waals surface area (Å²) in [4.78, 5) is 19.0. The lowest BCUT2D eigenvalue weighted by atomic mass is 9.94. The molecule has 0 saturated heterocycles. The number of carbonyl (C=O) groups excluding carboxylic acids is 1. The maximum absolute atomic E-state index is 12.7. The Labute approximate surface area is 123 Å². The summed E-state index contributed by atoms with van der Waals surface area (Å²) in [5.41, 5.74) is 0.0503. The molecule has 1 aromatic heterocycles. The van der Waals surface area contributed by atoms with Crippen LogP contribution >= 0.6 is 0 Å². The molecule has 7 heteroatoms. The third-order valence-electron chi connectivity index (χ3n) is 3.52. The van der Waals surface area contributed by atoms with E-state index in [2.05, 4.69) is 9.97 Å². The summed E-state index contributed by atoms with van der Waals surface area (Å²) in [6, 6.07) is 4.69. The van der Waals surface area contributed by atoms with Crippen LogP contribution in [0.2, 0.25) is 0 Å². The summed E-state index contributed by atoms with van der Waals surface area (Å²) in [7, 11) is 0. The molecule has 0 bridgehead atoms. The molecule has 114 valence electrons. The zero-order valence-electron chi connectivity index (χ0n) is 11.7. The number of fused-ring (bicyclic) bond motifs is 3. The molecule has 1 aliphatic carbocycles. The number of hydrogen-bond donors (Lipinski definition) is 1. The quantitative estimate of drug-likeness (QED) is 0.751. The molecule has 0 unspecified atom stereocenters. The van der Waals surface area contributed by atoms with E-state index in [-0.39, 0.29) is 16.8 Å². The third-order valence-corrected chi connectivity index (χ3v) is 3.52. The highest BCUT2D eigenvalue weighted by Gasteiger charge is 2.38. The van der Waals surface area contributed by atoms with Gasteiger partial charge in [0.15, 0.2) is 0 Å². The van der Waals surface area contributed by atoms with Gasteiger partial charge >= 0.3 is 6.18 Å². The number of rotatable bonds is 1. The highest BCUT2D eigenvalue weighted by Crippen LogP contribution is 2.38. The van der Waals surface area contributed by atoms with Gasteiger partial charge < -0.3 is 5.11 Å². The van der Waals surface area contributed by atoms with Gasteiger partial charge in [-0.15, -0.1) is 0 Å². The number of aliphatic hydroxyl groups is 1. The van der Waals surface area contributed by atoms with Crippen molar-refractivity contribution in [2.24, 2.45) is 0 Å². The number of aromatic nitrogens is 2. The van der Waals surface area contributed by atoms with Gasteiger partial charge in [-0.3, -0.25) is 4.79 Å². The minimum Gasteiger partial charge on any atom is -0.386 e. The van der Waals surface area contributed by atoms with E-state index < -0.39 is 23.4 Å². The van der Waals surface area contributed by atoms with E-state index in [9.17, 15) is 23.1 Å². The SMILES string of the molecule is CC(C)(O)c1ccc2c(c1)C(=O)c1nc(C(F)(F)F)ncc1-2. The molecule has 1 N–H and O–H groups in total. The lowest BCUT2D eigenvalue weighted by molar-refractivity contribution is -0.145. The summed E-state index contributed by atoms with van der Waals surface area (Å²) < 4.78 is 38.0. The lowest BCUT2D eigenvalue weighted by Gasteiger charge is -2.18. The topological polar surface area (TPSA) is 63.1 Å². The molecular weight excluding hydrogens is 297 g/mol. The lowest BCUT2D eigenvalue weighted by Crippen LogP contribution is -2.16. The Hall–Kier alpha value is -2.28. The van der Waals surface area contributed by atoms with Crippen LogP contribution in [0.5, 0.6) is 0 Å². The molecule has 1 aliphatic rings. The van der Waals surface area contributed by atoms with E-state index in [1.807, 2.05) is 0 Å². The molecule has 0 fully saturated rings. The second-order valence-corrected chi connectivity index (χ2v) is 5.60. The molecule has 1 aromatic carbocycles. The maximum Gasteiger partial charge on any atom is 0.451 e. The largest absolute Gasteiger partial charge is 0.451 e. The van der Waals surface area contributed by atoms with Crippen molar-refractivity contribution in [2.75, 3.05) is 0 Å². The minimum atomic E-state index is -4.71. The van der Waals surface area contributed by atoms with Crippen molar-refractivity contribution in [3.8, 4) is 11.1 Å². The molecule has 0 saturated carbocycles. The van der Waals surface area contributed by atoms with Crippen LogP contribution in [-0.2, 0) is 11.8 Å². The van der Waals surface area contributed by atoms with Gasteiger partial charge in [-0.05, 0) is 31.0 Å². The Morgan fingerprint density at radius 1 is 1.09 bits per heavy atom. The van der Waals surface area contributed by atoms with Crippen LogP contribution in [-0.4, -0.2) is 20.9 Å². The van der Waals surface area contributed by atoms with Gasteiger partial charge in [0, 0.05) is 17.3 Å². The number of ketones is 1. The minimum absolute atomic E-state index is 0.225. The number of hydrogen-bond acceptors (Lipinski definition) is 4. The first-order valence-corrected chi connectivity index (χ1v) is 6.45. The van der Waals surface area contributed by atoms with Crippen LogP contribution in [0.25, 0.3) is 11.1 Å². The molecule has 4 nitrogen and oxygen atoms in total. The summed E-state index contributed by atoms with van der Waals surface area (Å²) in [6.45, 7) is 3.12. The molecule has 0 radical (unpaired) electrons. The summed E-state index contributed by atoms with van der Waals surface area (Å²) in [6.07, 6.45) is -3.69. The van der Waals surface area contributed by atoms with Gasteiger partial charge in [0.05, 0.1) is 5.60 Å². The Morgan fingerprint density at radius 2 is 1.77 bits per heavy atom. The van der Waals surface area contributed by atoms with Crippen LogP contribution < -0.4 is 0 Å². The van der Waals surface area contributed by atoms with Crippen LogP contribution in [0.1, 0.15) is 41.3 Å². The van der Waals surface area contributed by atoms with Crippen molar-refractivity contribution in [3.63, 3.8) is 0 Å². The van der Waals surface area contributed by atoms with Gasteiger partial charge in [-0.2, -0.15) is 13.2 Å². The third kappa shape index (κ3) is 2.18. The molecule has 2 aromatic rings. The van der Waals surface area contributed by atoms with Crippen molar-refractivity contribution in [2.45, 2.75) is 25.6 Å². The number of halogens is 3. The first-order valence-electron chi connectivity index (χ1n) is 6.45. The zero-order chi connectivity index (χ0) is 16.3. The molecule has 0 atom stereocenters. The predicted octanol–water partition coefficient (Wildman–Crippen LogP) is 2.93. The van der Waals surface area contributed by atoms with E-state index in [1.165, 1.54) is 6.07 Å². The predicted molar refractivity (Wildman–Crippen MR) is 71.1 cm³/mol. The fourth-order valence-corrected chi connectivity index (χ4v) is 2.36. The fraction of sp³-hybridized carbons (Fsp3) is 0.267. The molecular formula is C15H11F3N2O2. The molecule has 0 spiro atoms. The second kappa shape index (κ2) is 4.36. The van der Waals surface area contributed by atoms with E-state index >= 15 is 0 Å². The van der Waals surface area contributed by atoms with E-state index in [0.29, 0.717) is 11.1 Å². The van der Waals surface area contributed by atoms with Gasteiger partial charge in [0.25, 0.3) is 0 Å². The van der Waals surface area contributed by atoms with Gasteiger partial charge in [0.1, 0.15) is 5.69 Å². The zero-order valence-corrected chi connectivity index (χ0v) is 11.7. The van der Waals surface area contributed by atoms with Crippen molar-refractivity contribution in [3.05, 3.63) is 47.0 Å². The monoisotopic (exact) mass is 308 g/mol. The van der Waals surface area contributed by atoms with Crippen LogP contribution in [0.15, 0.2) is 24.4 Å². The number of benzene rings is 1. The van der Waals surface area contributed by atoms with Gasteiger partial charge in [-0.25, -0.2) is 9.97 Å². The highest BCUT2D eigenvalue weighted by atomic mass is 19.4. The van der Waals surface area contributed by atoms with Crippen molar-refractivity contribution >= 4 is 5.78 Å². The van der Waals surface area contributed by atoms with Crippen molar-refractivity contribution < 1.29 is 23.1 Å². The molecule has 22 heavy (non-hydrogen) atoms. The van der Waals surface area contributed by atoms with E-state index in [0.717, 1.165) is 6.20 Å². The average molecular weight is 308 g/mol. The first kappa shape index (κ1) is 14.6. The Bertz CT molecular complexity index is 727. The average Bonchev–Trinajstić information content (AvgIpc) is 2.70. The molecule has 3 rings (SSSR count). The number of carbonyl (C=O) groups is 1. The van der Waals surface area contributed by atoms with E-state index in [1.54, 1.807) is 26.0 Å². The summed E-state index contributed by atoms with van der Waals surface area (Å²) >= 11 is 0. The van der Waals surface area contributed by atoms with Crippen LogP contribution in [0.3, 0.4) is 0 Å². The van der Waals surface area contributed by atoms with Crippen molar-refractivity contribution in [1.82, 2.24) is 9.97 Å². The van der Waals surface area contributed by atoms with Gasteiger partial charge in [0.2, 0.25) is 11.6 Å². The van der Waals surface area contributed by atoms with Crippen LogP contribution in [0.4, 0.5) is 13.2 Å². The Balaban J connectivity index is 2.16. The molecule has 1 heterocycles. The molecule has 0 amide bonds. The Morgan fingerprint density at radius 3 is 2.36 bits per heavy atom. The smallest absolute Gasteiger partial charge is 0.386 e. The normalized spacial score (nSPS) is 14.0. The fourth-order valence-electron chi connectivity index (χ4n) is 2.36. The standard InChI is InChI=1S/C15H11F3N2O2/c1-14(2,22)7-3-4-8-9(5-7)12(21)11-10(8)6-19-13(20-11)15(16,17)18/h3-6,22H,1-2H3. The van der Waals surface area contributed by atoms with Gasteiger partial charge in [-0.1, -0.05) is 12.1 Å². The van der Waals surface area contributed by atoms with Crippen LogP contribution in [0, 0.1) is 0 Å².